The topological polar surface area (TPSA) is 8.29 Å². The molecule has 0 aliphatic rings. The molecule has 2 nitrogen and oxygen atoms in total. The molecule has 2 heteroatoms. The van der Waals surface area contributed by atoms with E-state index in [9.17, 15) is 0 Å². The molecule has 0 amide bonds. The minimum Gasteiger partial charge on any atom is -0.320 e. The van der Waals surface area contributed by atoms with Crippen molar-refractivity contribution in [2.24, 2.45) is 7.05 Å². The van der Waals surface area contributed by atoms with Crippen molar-refractivity contribution in [3.05, 3.63) is 72.6 Å². The fraction of sp³-hybridized carbons (Fsp3) is 0.105. The molecule has 0 unspecified atom stereocenters. The Balaban J connectivity index is 2.04. The SMILES string of the molecule is Cc1c(-c2ccc3ccccc3[n+]2C)cc2ccccn12. The van der Waals surface area contributed by atoms with Crippen molar-refractivity contribution in [1.29, 1.82) is 0 Å². The molecule has 4 aromatic rings. The van der Waals surface area contributed by atoms with E-state index in [1.807, 2.05) is 0 Å². The van der Waals surface area contributed by atoms with Gasteiger partial charge in [0.05, 0.1) is 5.56 Å². The van der Waals surface area contributed by atoms with Crippen molar-refractivity contribution in [2.75, 3.05) is 0 Å². The minimum absolute atomic E-state index is 1.23. The van der Waals surface area contributed by atoms with E-state index >= 15 is 0 Å². The summed E-state index contributed by atoms with van der Waals surface area (Å²) in [7, 11) is 2.14. The van der Waals surface area contributed by atoms with E-state index in [1.54, 1.807) is 0 Å². The van der Waals surface area contributed by atoms with Gasteiger partial charge in [-0.1, -0.05) is 18.2 Å². The number of aryl methyl sites for hydroxylation is 2. The summed E-state index contributed by atoms with van der Waals surface area (Å²) in [6.07, 6.45) is 2.12. The zero-order valence-corrected chi connectivity index (χ0v) is 12.2. The van der Waals surface area contributed by atoms with Crippen LogP contribution in [0.25, 0.3) is 27.7 Å². The van der Waals surface area contributed by atoms with Crippen LogP contribution in [0.1, 0.15) is 5.69 Å². The molecule has 0 aliphatic heterocycles. The van der Waals surface area contributed by atoms with Gasteiger partial charge in [0.15, 0.2) is 0 Å². The predicted molar refractivity (Wildman–Crippen MR) is 86.3 cm³/mol. The predicted octanol–water partition coefficient (Wildman–Crippen LogP) is 3.89. The second-order valence-electron chi connectivity index (χ2n) is 5.48. The van der Waals surface area contributed by atoms with Gasteiger partial charge in [-0.25, -0.2) is 0 Å². The second kappa shape index (κ2) is 4.45. The van der Waals surface area contributed by atoms with Gasteiger partial charge in [-0.05, 0) is 37.3 Å². The van der Waals surface area contributed by atoms with Gasteiger partial charge in [0.25, 0.3) is 0 Å². The molecular formula is C19H17N2+. The minimum atomic E-state index is 1.23. The highest BCUT2D eigenvalue weighted by atomic mass is 15.0. The molecule has 1 aromatic carbocycles. The first-order valence-corrected chi connectivity index (χ1v) is 7.20. The molecule has 0 saturated carbocycles. The smallest absolute Gasteiger partial charge is 0.214 e. The molecule has 0 fully saturated rings. The zero-order valence-electron chi connectivity index (χ0n) is 12.2. The van der Waals surface area contributed by atoms with Gasteiger partial charge in [0.1, 0.15) is 7.05 Å². The highest BCUT2D eigenvalue weighted by Gasteiger charge is 2.17. The van der Waals surface area contributed by atoms with Crippen LogP contribution in [-0.4, -0.2) is 4.40 Å². The molecule has 0 N–H and O–H groups in total. The van der Waals surface area contributed by atoms with E-state index in [2.05, 4.69) is 89.8 Å². The average Bonchev–Trinajstić information content (AvgIpc) is 2.85. The van der Waals surface area contributed by atoms with Gasteiger partial charge in [-0.2, -0.15) is 4.57 Å². The third-order valence-electron chi connectivity index (χ3n) is 4.29. The van der Waals surface area contributed by atoms with Gasteiger partial charge in [-0.3, -0.25) is 0 Å². The van der Waals surface area contributed by atoms with Gasteiger partial charge >= 0.3 is 0 Å². The molecule has 0 aliphatic carbocycles. The maximum atomic E-state index is 2.27. The summed E-state index contributed by atoms with van der Waals surface area (Å²) in [4.78, 5) is 0. The Hall–Kier alpha value is -2.61. The van der Waals surface area contributed by atoms with Crippen LogP contribution in [0.2, 0.25) is 0 Å². The summed E-state index contributed by atoms with van der Waals surface area (Å²) in [5, 5.41) is 1.27. The lowest BCUT2D eigenvalue weighted by Gasteiger charge is -2.03. The highest BCUT2D eigenvalue weighted by Crippen LogP contribution is 2.26. The van der Waals surface area contributed by atoms with Crippen LogP contribution in [-0.2, 0) is 7.05 Å². The number of fused-ring (bicyclic) bond motifs is 2. The first-order valence-electron chi connectivity index (χ1n) is 7.20. The maximum absolute atomic E-state index is 2.27. The molecule has 3 aromatic heterocycles. The first kappa shape index (κ1) is 12.2. The van der Waals surface area contributed by atoms with Gasteiger partial charge in [0, 0.05) is 34.9 Å². The summed E-state index contributed by atoms with van der Waals surface area (Å²) in [6.45, 7) is 2.18. The lowest BCUT2D eigenvalue weighted by atomic mass is 10.1. The first-order chi connectivity index (χ1) is 10.3. The largest absolute Gasteiger partial charge is 0.320 e. The van der Waals surface area contributed by atoms with Crippen LogP contribution in [0, 0.1) is 6.92 Å². The lowest BCUT2D eigenvalue weighted by molar-refractivity contribution is -0.633. The number of hydrogen-bond acceptors (Lipinski definition) is 0. The Morgan fingerprint density at radius 2 is 1.71 bits per heavy atom. The fourth-order valence-corrected chi connectivity index (χ4v) is 3.14. The molecule has 0 saturated heterocycles. The van der Waals surface area contributed by atoms with E-state index < -0.39 is 0 Å². The van der Waals surface area contributed by atoms with Crippen LogP contribution in [0.4, 0.5) is 0 Å². The molecule has 4 rings (SSSR count). The number of rotatable bonds is 1. The van der Waals surface area contributed by atoms with Crippen LogP contribution in [0.3, 0.4) is 0 Å². The Morgan fingerprint density at radius 3 is 2.57 bits per heavy atom. The quantitative estimate of drug-likeness (QED) is 0.465. The number of aromatic nitrogens is 2. The number of nitrogens with zero attached hydrogens (tertiary/aromatic N) is 2. The van der Waals surface area contributed by atoms with Gasteiger partial charge in [-0.15, -0.1) is 0 Å². The summed E-state index contributed by atoms with van der Waals surface area (Å²) < 4.78 is 4.52. The molecular weight excluding hydrogens is 256 g/mol. The molecule has 0 spiro atoms. The molecule has 0 radical (unpaired) electrons. The molecule has 102 valence electrons. The summed E-state index contributed by atoms with van der Waals surface area (Å²) in [6, 6.07) is 21.5. The third kappa shape index (κ3) is 1.76. The second-order valence-corrected chi connectivity index (χ2v) is 5.48. The van der Waals surface area contributed by atoms with Crippen LogP contribution < -0.4 is 4.57 Å². The Morgan fingerprint density at radius 1 is 0.905 bits per heavy atom. The lowest BCUT2D eigenvalue weighted by Crippen LogP contribution is -2.31. The van der Waals surface area contributed by atoms with Crippen molar-refractivity contribution >= 4 is 16.4 Å². The number of para-hydroxylation sites is 1. The van der Waals surface area contributed by atoms with Crippen LogP contribution in [0.5, 0.6) is 0 Å². The van der Waals surface area contributed by atoms with Crippen molar-refractivity contribution in [3.8, 4) is 11.3 Å². The van der Waals surface area contributed by atoms with Crippen molar-refractivity contribution in [3.63, 3.8) is 0 Å². The van der Waals surface area contributed by atoms with Gasteiger partial charge < -0.3 is 4.40 Å². The zero-order chi connectivity index (χ0) is 14.4. The average molecular weight is 273 g/mol. The van der Waals surface area contributed by atoms with E-state index in [4.69, 9.17) is 0 Å². The Kier molecular flexibility index (Phi) is 2.58. The standard InChI is InChI=1S/C19H17N2/c1-14-17(13-16-8-5-6-12-21(14)16)19-11-10-15-7-3-4-9-18(15)20(19)2/h3-13H,1-2H3/q+1. The number of benzene rings is 1. The van der Waals surface area contributed by atoms with E-state index in [-0.39, 0.29) is 0 Å². The van der Waals surface area contributed by atoms with E-state index in [1.165, 1.54) is 33.4 Å². The Bertz CT molecular complexity index is 964. The summed E-state index contributed by atoms with van der Waals surface area (Å²) in [5.74, 6) is 0. The molecule has 0 bridgehead atoms. The fourth-order valence-electron chi connectivity index (χ4n) is 3.14. The van der Waals surface area contributed by atoms with Crippen LogP contribution in [0.15, 0.2) is 66.9 Å². The number of pyridine rings is 2. The normalized spacial score (nSPS) is 11.3. The Labute approximate surface area is 123 Å². The van der Waals surface area contributed by atoms with Crippen LogP contribution >= 0.6 is 0 Å². The highest BCUT2D eigenvalue weighted by molar-refractivity contribution is 5.78. The monoisotopic (exact) mass is 273 g/mol. The van der Waals surface area contributed by atoms with Crippen molar-refractivity contribution in [1.82, 2.24) is 4.40 Å². The van der Waals surface area contributed by atoms with Crippen molar-refractivity contribution < 1.29 is 4.57 Å². The van der Waals surface area contributed by atoms with E-state index in [0.717, 1.165) is 0 Å². The van der Waals surface area contributed by atoms with Crippen molar-refractivity contribution in [2.45, 2.75) is 6.92 Å². The summed E-state index contributed by atoms with van der Waals surface area (Å²) in [5.41, 5.74) is 6.30. The third-order valence-corrected chi connectivity index (χ3v) is 4.29. The van der Waals surface area contributed by atoms with Gasteiger partial charge in [0.2, 0.25) is 11.2 Å². The molecule has 21 heavy (non-hydrogen) atoms. The summed E-state index contributed by atoms with van der Waals surface area (Å²) >= 11 is 0. The number of hydrogen-bond donors (Lipinski definition) is 0. The maximum Gasteiger partial charge on any atom is 0.214 e. The van der Waals surface area contributed by atoms with E-state index in [0.29, 0.717) is 0 Å². The molecule has 3 heterocycles. The molecule has 0 atom stereocenters.